The van der Waals surface area contributed by atoms with Crippen molar-refractivity contribution in [1.82, 2.24) is 5.32 Å². The zero-order valence-corrected chi connectivity index (χ0v) is 18.0. The Morgan fingerprint density at radius 2 is 1.87 bits per heavy atom. The van der Waals surface area contributed by atoms with E-state index in [2.05, 4.69) is 38.1 Å². The predicted octanol–water partition coefficient (Wildman–Crippen LogP) is 4.96. The van der Waals surface area contributed by atoms with E-state index < -0.39 is 11.7 Å². The summed E-state index contributed by atoms with van der Waals surface area (Å²) in [5, 5.41) is 9.55. The van der Waals surface area contributed by atoms with Gasteiger partial charge in [0.15, 0.2) is 0 Å². The number of carbonyl (C=O) groups excluding carboxylic acids is 1. The van der Waals surface area contributed by atoms with Crippen molar-refractivity contribution < 1.29 is 9.53 Å². The number of aliphatic imine (C=N–C) groups is 2. The van der Waals surface area contributed by atoms with Crippen LogP contribution in [0.25, 0.3) is 0 Å². The fraction of sp³-hybridized carbons (Fsp3) is 0.318. The van der Waals surface area contributed by atoms with E-state index in [1.807, 2.05) is 51.1 Å². The first-order valence-corrected chi connectivity index (χ1v) is 10.1. The zero-order valence-electron chi connectivity index (χ0n) is 17.3. The van der Waals surface area contributed by atoms with Gasteiger partial charge in [-0.05, 0) is 56.1 Å². The Morgan fingerprint density at radius 1 is 1.13 bits per heavy atom. The number of hydrogen-bond acceptors (Lipinski definition) is 6. The van der Waals surface area contributed by atoms with Gasteiger partial charge in [-0.2, -0.15) is 0 Å². The second-order valence-electron chi connectivity index (χ2n) is 7.88. The van der Waals surface area contributed by atoms with E-state index in [0.717, 1.165) is 5.69 Å². The molecule has 2 aromatic rings. The van der Waals surface area contributed by atoms with Crippen molar-refractivity contribution in [2.24, 2.45) is 9.98 Å². The summed E-state index contributed by atoms with van der Waals surface area (Å²) in [6.07, 6.45) is -0.122. The highest BCUT2D eigenvalue weighted by molar-refractivity contribution is 6.66. The summed E-state index contributed by atoms with van der Waals surface area (Å²) < 4.78 is 5.29. The monoisotopic (exact) mass is 427 g/mol. The first kappa shape index (κ1) is 21.8. The fourth-order valence-corrected chi connectivity index (χ4v) is 3.05. The van der Waals surface area contributed by atoms with Gasteiger partial charge in [0, 0.05) is 24.3 Å². The molecule has 0 spiro atoms. The molecule has 158 valence electrons. The van der Waals surface area contributed by atoms with Crippen LogP contribution in [0.5, 0.6) is 0 Å². The number of hydrogen-bond donors (Lipinski definition) is 3. The lowest BCUT2D eigenvalue weighted by molar-refractivity contribution is 0.0636. The number of nitrogens with one attached hydrogen (secondary N) is 3. The van der Waals surface area contributed by atoms with Crippen molar-refractivity contribution in [3.63, 3.8) is 0 Å². The number of amides is 1. The van der Waals surface area contributed by atoms with Crippen molar-refractivity contribution in [2.45, 2.75) is 45.5 Å². The van der Waals surface area contributed by atoms with Gasteiger partial charge in [0.2, 0.25) is 5.29 Å². The molecule has 1 atom stereocenters. The third-order valence-corrected chi connectivity index (χ3v) is 4.24. The molecule has 0 aliphatic carbocycles. The second kappa shape index (κ2) is 9.73. The summed E-state index contributed by atoms with van der Waals surface area (Å²) in [6, 6.07) is 17.4. The number of amidine groups is 2. The molecule has 30 heavy (non-hydrogen) atoms. The van der Waals surface area contributed by atoms with Crippen LogP contribution < -0.4 is 16.0 Å². The van der Waals surface area contributed by atoms with E-state index >= 15 is 0 Å². The van der Waals surface area contributed by atoms with Gasteiger partial charge in [-0.25, -0.2) is 14.8 Å². The lowest BCUT2D eigenvalue weighted by atomic mass is 10.2. The number of halogens is 1. The van der Waals surface area contributed by atoms with Crippen LogP contribution >= 0.6 is 11.6 Å². The minimum Gasteiger partial charge on any atom is -0.444 e. The van der Waals surface area contributed by atoms with E-state index in [1.54, 1.807) is 12.1 Å². The number of anilines is 2. The number of ether oxygens (including phenoxy) is 1. The van der Waals surface area contributed by atoms with Crippen LogP contribution in [-0.4, -0.2) is 29.0 Å². The number of nitrogens with zero attached hydrogens (tertiary/aromatic N) is 2. The molecular weight excluding hydrogens is 402 g/mol. The maximum Gasteiger partial charge on any atom is 0.412 e. The first-order chi connectivity index (χ1) is 14.3. The average Bonchev–Trinajstić information content (AvgIpc) is 2.65. The van der Waals surface area contributed by atoms with Crippen molar-refractivity contribution in [3.8, 4) is 0 Å². The van der Waals surface area contributed by atoms with Crippen LogP contribution in [0.2, 0.25) is 0 Å². The summed E-state index contributed by atoms with van der Waals surface area (Å²) in [4.78, 5) is 20.6. The average molecular weight is 428 g/mol. The molecule has 0 saturated heterocycles. The van der Waals surface area contributed by atoms with Crippen LogP contribution in [0.1, 0.15) is 32.8 Å². The lowest BCUT2D eigenvalue weighted by Crippen LogP contribution is -2.34. The molecule has 0 fully saturated rings. The molecule has 1 aliphatic rings. The lowest BCUT2D eigenvalue weighted by Gasteiger charge is -2.21. The minimum absolute atomic E-state index is 0.180. The van der Waals surface area contributed by atoms with Crippen molar-refractivity contribution in [3.05, 3.63) is 60.2 Å². The van der Waals surface area contributed by atoms with E-state index in [9.17, 15) is 4.79 Å². The topological polar surface area (TPSA) is 87.1 Å². The van der Waals surface area contributed by atoms with Gasteiger partial charge in [-0.15, -0.1) is 0 Å². The molecule has 0 saturated carbocycles. The Balaban J connectivity index is 1.59. The van der Waals surface area contributed by atoms with Crippen LogP contribution in [0.15, 0.2) is 64.6 Å². The van der Waals surface area contributed by atoms with Gasteiger partial charge in [0.05, 0.1) is 0 Å². The Labute approximate surface area is 181 Å². The molecule has 1 unspecified atom stereocenters. The van der Waals surface area contributed by atoms with Crippen LogP contribution in [0.4, 0.5) is 16.2 Å². The molecule has 1 heterocycles. The molecule has 0 aromatic heterocycles. The largest absolute Gasteiger partial charge is 0.444 e. The molecule has 1 aliphatic heterocycles. The standard InChI is InChI=1S/C22H26ClN5O2/c1-22(2,3)30-21(29)26-17-11-7-10-16(12-17)25-19-13-18(27-20(23)28-19)24-14-15-8-5-4-6-9-15/h4-12,18,24H,13-14H2,1-3H3,(H,26,29)(H,25,27,28). The summed E-state index contributed by atoms with van der Waals surface area (Å²) in [6.45, 7) is 6.14. The normalized spacial score (nSPS) is 16.3. The Morgan fingerprint density at radius 3 is 2.60 bits per heavy atom. The molecule has 2 aromatic carbocycles. The van der Waals surface area contributed by atoms with E-state index in [0.29, 0.717) is 24.5 Å². The zero-order chi connectivity index (χ0) is 21.6. The Bertz CT molecular complexity index is 938. The van der Waals surface area contributed by atoms with Gasteiger partial charge in [0.1, 0.15) is 17.6 Å². The molecule has 3 N–H and O–H groups in total. The third kappa shape index (κ3) is 7.17. The summed E-state index contributed by atoms with van der Waals surface area (Å²) in [5.41, 5.74) is 2.00. The molecule has 0 radical (unpaired) electrons. The van der Waals surface area contributed by atoms with Gasteiger partial charge in [-0.3, -0.25) is 10.6 Å². The second-order valence-corrected chi connectivity index (χ2v) is 8.21. The maximum atomic E-state index is 12.0. The highest BCUT2D eigenvalue weighted by Crippen LogP contribution is 2.19. The first-order valence-electron chi connectivity index (χ1n) is 9.72. The van der Waals surface area contributed by atoms with Crippen LogP contribution in [0.3, 0.4) is 0 Å². The van der Waals surface area contributed by atoms with E-state index in [1.165, 1.54) is 5.56 Å². The van der Waals surface area contributed by atoms with Crippen molar-refractivity contribution >= 4 is 40.2 Å². The van der Waals surface area contributed by atoms with Gasteiger partial charge in [-0.1, -0.05) is 36.4 Å². The Hall–Kier alpha value is -2.90. The summed E-state index contributed by atoms with van der Waals surface area (Å²) >= 11 is 6.12. The molecule has 7 nitrogen and oxygen atoms in total. The molecule has 3 rings (SSSR count). The molecular formula is C22H26ClN5O2. The van der Waals surface area contributed by atoms with E-state index in [-0.39, 0.29) is 11.5 Å². The smallest absolute Gasteiger partial charge is 0.412 e. The van der Waals surface area contributed by atoms with Crippen LogP contribution in [-0.2, 0) is 11.3 Å². The van der Waals surface area contributed by atoms with E-state index in [4.69, 9.17) is 16.3 Å². The summed E-state index contributed by atoms with van der Waals surface area (Å²) in [7, 11) is 0. The Kier molecular flexibility index (Phi) is 7.07. The quantitative estimate of drug-likeness (QED) is 0.588. The summed E-state index contributed by atoms with van der Waals surface area (Å²) in [5.74, 6) is 0.690. The van der Waals surface area contributed by atoms with Gasteiger partial charge < -0.3 is 10.1 Å². The molecule has 8 heteroatoms. The molecule has 1 amide bonds. The van der Waals surface area contributed by atoms with Crippen LogP contribution in [0, 0.1) is 0 Å². The third-order valence-electron chi connectivity index (χ3n) is 4.06. The SMILES string of the molecule is CC(C)(C)OC(=O)Nc1cccc(NC2=NC(Cl)=NC(NCc3ccccc3)C2)c1. The minimum atomic E-state index is -0.561. The predicted molar refractivity (Wildman–Crippen MR) is 122 cm³/mol. The highest BCUT2D eigenvalue weighted by Gasteiger charge is 2.18. The van der Waals surface area contributed by atoms with Crippen molar-refractivity contribution in [2.75, 3.05) is 10.6 Å². The number of benzene rings is 2. The maximum absolute atomic E-state index is 12.0. The number of rotatable bonds is 5. The van der Waals surface area contributed by atoms with Gasteiger partial charge in [0.25, 0.3) is 0 Å². The highest BCUT2D eigenvalue weighted by atomic mass is 35.5. The molecule has 0 bridgehead atoms. The number of carbonyl (C=O) groups is 1. The van der Waals surface area contributed by atoms with Crippen molar-refractivity contribution in [1.29, 1.82) is 0 Å². The fourth-order valence-electron chi connectivity index (χ4n) is 2.83. The van der Waals surface area contributed by atoms with Gasteiger partial charge >= 0.3 is 6.09 Å².